The van der Waals surface area contributed by atoms with Gasteiger partial charge in [0.2, 0.25) is 0 Å². The van der Waals surface area contributed by atoms with Crippen LogP contribution in [0, 0.1) is 0 Å². The molecule has 0 heterocycles. The predicted molar refractivity (Wildman–Crippen MR) is 65.9 cm³/mol. The molecule has 94 valence electrons. The standard InChI is InChI=1S/C14H20O3/c1-15-14(16-2,17-3)13-10-6-8-11-7-4-5-9-12(11)13/h4-5,7,9,13H,6,8,10H2,1-3H3. The number of benzene rings is 1. The average Bonchev–Trinajstić information content (AvgIpc) is 2.41. The van der Waals surface area contributed by atoms with Crippen molar-refractivity contribution in [1.82, 2.24) is 0 Å². The summed E-state index contributed by atoms with van der Waals surface area (Å²) in [5.74, 6) is -0.830. The molecule has 0 N–H and O–H groups in total. The Morgan fingerprint density at radius 2 is 1.71 bits per heavy atom. The Hall–Kier alpha value is -0.900. The van der Waals surface area contributed by atoms with Crippen LogP contribution in [0.5, 0.6) is 0 Å². The summed E-state index contributed by atoms with van der Waals surface area (Å²) in [7, 11) is 4.89. The third-order valence-corrected chi connectivity index (χ3v) is 3.65. The van der Waals surface area contributed by atoms with Crippen molar-refractivity contribution in [2.24, 2.45) is 0 Å². The molecule has 3 nitrogen and oxygen atoms in total. The number of hydrogen-bond donors (Lipinski definition) is 0. The van der Waals surface area contributed by atoms with Crippen molar-refractivity contribution in [3.05, 3.63) is 35.4 Å². The van der Waals surface area contributed by atoms with Gasteiger partial charge in [-0.25, -0.2) is 0 Å². The second-order valence-corrected chi connectivity index (χ2v) is 4.36. The van der Waals surface area contributed by atoms with E-state index in [1.807, 2.05) is 0 Å². The zero-order valence-electron chi connectivity index (χ0n) is 10.7. The maximum atomic E-state index is 5.49. The molecule has 1 aliphatic carbocycles. The first-order chi connectivity index (χ1) is 8.27. The molecule has 1 aromatic rings. The van der Waals surface area contributed by atoms with E-state index in [-0.39, 0.29) is 5.92 Å². The lowest BCUT2D eigenvalue weighted by Gasteiger charge is -2.39. The van der Waals surface area contributed by atoms with Crippen molar-refractivity contribution in [2.75, 3.05) is 21.3 Å². The van der Waals surface area contributed by atoms with Gasteiger partial charge in [-0.05, 0) is 30.4 Å². The summed E-state index contributed by atoms with van der Waals surface area (Å²) >= 11 is 0. The first-order valence-electron chi connectivity index (χ1n) is 6.00. The molecule has 1 atom stereocenters. The van der Waals surface area contributed by atoms with E-state index in [1.165, 1.54) is 11.1 Å². The van der Waals surface area contributed by atoms with Crippen LogP contribution in [0.25, 0.3) is 0 Å². The normalized spacial score (nSPS) is 20.1. The van der Waals surface area contributed by atoms with E-state index in [0.717, 1.165) is 19.3 Å². The average molecular weight is 236 g/mol. The maximum absolute atomic E-state index is 5.49. The van der Waals surface area contributed by atoms with Gasteiger partial charge in [-0.15, -0.1) is 0 Å². The zero-order valence-corrected chi connectivity index (χ0v) is 10.7. The Morgan fingerprint density at radius 1 is 1.06 bits per heavy atom. The number of rotatable bonds is 4. The highest BCUT2D eigenvalue weighted by Crippen LogP contribution is 2.41. The van der Waals surface area contributed by atoms with E-state index < -0.39 is 5.97 Å². The van der Waals surface area contributed by atoms with Gasteiger partial charge in [-0.3, -0.25) is 0 Å². The van der Waals surface area contributed by atoms with Gasteiger partial charge in [-0.2, -0.15) is 0 Å². The lowest BCUT2D eigenvalue weighted by Crippen LogP contribution is -2.43. The van der Waals surface area contributed by atoms with Crippen LogP contribution in [0.4, 0.5) is 0 Å². The maximum Gasteiger partial charge on any atom is 0.289 e. The van der Waals surface area contributed by atoms with Crippen molar-refractivity contribution in [1.29, 1.82) is 0 Å². The third kappa shape index (κ3) is 2.10. The largest absolute Gasteiger partial charge is 0.330 e. The summed E-state index contributed by atoms with van der Waals surface area (Å²) < 4.78 is 16.5. The number of methoxy groups -OCH3 is 3. The van der Waals surface area contributed by atoms with E-state index in [0.29, 0.717) is 0 Å². The molecule has 0 aromatic heterocycles. The lowest BCUT2D eigenvalue weighted by atomic mass is 9.81. The first kappa shape index (κ1) is 12.6. The molecule has 17 heavy (non-hydrogen) atoms. The topological polar surface area (TPSA) is 27.7 Å². The van der Waals surface area contributed by atoms with Gasteiger partial charge in [0.25, 0.3) is 5.97 Å². The van der Waals surface area contributed by atoms with Crippen molar-refractivity contribution in [3.8, 4) is 0 Å². The fourth-order valence-corrected chi connectivity index (χ4v) is 2.80. The summed E-state index contributed by atoms with van der Waals surface area (Å²) in [6, 6.07) is 8.45. The first-order valence-corrected chi connectivity index (χ1v) is 6.00. The minimum absolute atomic E-state index is 0.132. The van der Waals surface area contributed by atoms with E-state index in [9.17, 15) is 0 Å². The number of ether oxygens (including phenoxy) is 3. The van der Waals surface area contributed by atoms with Crippen LogP contribution in [-0.2, 0) is 20.6 Å². The highest BCUT2D eigenvalue weighted by molar-refractivity contribution is 5.33. The molecule has 0 spiro atoms. The van der Waals surface area contributed by atoms with Crippen molar-refractivity contribution < 1.29 is 14.2 Å². The van der Waals surface area contributed by atoms with Gasteiger partial charge >= 0.3 is 0 Å². The monoisotopic (exact) mass is 236 g/mol. The smallest absolute Gasteiger partial charge is 0.289 e. The van der Waals surface area contributed by atoms with Gasteiger partial charge in [-0.1, -0.05) is 24.3 Å². The quantitative estimate of drug-likeness (QED) is 0.752. The van der Waals surface area contributed by atoms with E-state index >= 15 is 0 Å². The Balaban J connectivity index is 2.40. The molecule has 0 amide bonds. The number of hydrogen-bond acceptors (Lipinski definition) is 3. The van der Waals surface area contributed by atoms with E-state index in [1.54, 1.807) is 21.3 Å². The summed E-state index contributed by atoms with van der Waals surface area (Å²) in [5.41, 5.74) is 2.66. The number of aryl methyl sites for hydroxylation is 1. The van der Waals surface area contributed by atoms with Gasteiger partial charge < -0.3 is 14.2 Å². The zero-order chi connectivity index (χ0) is 12.3. The molecule has 0 fully saturated rings. The Labute approximate surface area is 103 Å². The summed E-state index contributed by atoms with van der Waals surface area (Å²) in [5, 5.41) is 0. The van der Waals surface area contributed by atoms with Crippen molar-refractivity contribution in [2.45, 2.75) is 31.2 Å². The molecule has 1 unspecified atom stereocenters. The lowest BCUT2D eigenvalue weighted by molar-refractivity contribution is -0.365. The van der Waals surface area contributed by atoms with Gasteiger partial charge in [0, 0.05) is 21.3 Å². The Bertz CT molecular complexity index is 363. The van der Waals surface area contributed by atoms with Crippen LogP contribution >= 0.6 is 0 Å². The second-order valence-electron chi connectivity index (χ2n) is 4.36. The fraction of sp³-hybridized carbons (Fsp3) is 0.571. The van der Waals surface area contributed by atoms with Gasteiger partial charge in [0.15, 0.2) is 0 Å². The summed E-state index contributed by atoms with van der Waals surface area (Å²) in [6.07, 6.45) is 3.28. The molecule has 1 aromatic carbocycles. The molecule has 2 rings (SSSR count). The third-order valence-electron chi connectivity index (χ3n) is 3.65. The second kappa shape index (κ2) is 5.17. The van der Waals surface area contributed by atoms with E-state index in [2.05, 4.69) is 24.3 Å². The summed E-state index contributed by atoms with van der Waals surface area (Å²) in [6.45, 7) is 0. The molecule has 0 radical (unpaired) electrons. The van der Waals surface area contributed by atoms with Gasteiger partial charge in [0.1, 0.15) is 0 Å². The Kier molecular flexibility index (Phi) is 3.82. The van der Waals surface area contributed by atoms with Crippen LogP contribution in [0.3, 0.4) is 0 Å². The molecular formula is C14H20O3. The van der Waals surface area contributed by atoms with Crippen LogP contribution < -0.4 is 0 Å². The van der Waals surface area contributed by atoms with Crippen LogP contribution in [-0.4, -0.2) is 27.3 Å². The van der Waals surface area contributed by atoms with Crippen LogP contribution in [0.2, 0.25) is 0 Å². The molecule has 0 saturated heterocycles. The minimum atomic E-state index is -0.962. The number of fused-ring (bicyclic) bond motifs is 1. The fourth-order valence-electron chi connectivity index (χ4n) is 2.80. The highest BCUT2D eigenvalue weighted by atomic mass is 16.9. The van der Waals surface area contributed by atoms with Crippen molar-refractivity contribution >= 4 is 0 Å². The highest BCUT2D eigenvalue weighted by Gasteiger charge is 2.42. The van der Waals surface area contributed by atoms with Crippen molar-refractivity contribution in [3.63, 3.8) is 0 Å². The molecule has 1 aliphatic rings. The van der Waals surface area contributed by atoms with E-state index in [4.69, 9.17) is 14.2 Å². The van der Waals surface area contributed by atoms with Crippen LogP contribution in [0.1, 0.15) is 29.9 Å². The van der Waals surface area contributed by atoms with Gasteiger partial charge in [0.05, 0.1) is 5.92 Å². The molecule has 0 aliphatic heterocycles. The summed E-state index contributed by atoms with van der Waals surface area (Å²) in [4.78, 5) is 0. The molecular weight excluding hydrogens is 216 g/mol. The van der Waals surface area contributed by atoms with Crippen LogP contribution in [0.15, 0.2) is 24.3 Å². The SMILES string of the molecule is COC(OC)(OC)C1CCCc2ccccc21. The minimum Gasteiger partial charge on any atom is -0.330 e. The predicted octanol–water partition coefficient (Wildman–Crippen LogP) is 2.70. The molecule has 3 heteroatoms. The Morgan fingerprint density at radius 3 is 2.35 bits per heavy atom. The molecule has 0 bridgehead atoms. The molecule has 0 saturated carbocycles.